The van der Waals surface area contributed by atoms with Gasteiger partial charge in [0.1, 0.15) is 5.82 Å². The Labute approximate surface area is 139 Å². The number of rotatable bonds is 4. The molecule has 1 aromatic heterocycles. The summed E-state index contributed by atoms with van der Waals surface area (Å²) in [6, 6.07) is 20.0. The number of hydrogen-bond donors (Lipinski definition) is 2. The Balaban J connectivity index is 1.79. The topological polar surface area (TPSA) is 54.0 Å². The van der Waals surface area contributed by atoms with Gasteiger partial charge in [0.05, 0.1) is 11.7 Å². The molecule has 3 rings (SSSR count). The van der Waals surface area contributed by atoms with Crippen LogP contribution in [0.3, 0.4) is 0 Å². The number of anilines is 1. The van der Waals surface area contributed by atoms with Crippen molar-refractivity contribution < 1.29 is 9.18 Å². The SMILES string of the molecule is O=C(Nc1ccc(F)cc1)N[C@H](c1ccccc1)c1ccccn1. The first-order valence-electron chi connectivity index (χ1n) is 7.51. The van der Waals surface area contributed by atoms with Crippen LogP contribution in [0.1, 0.15) is 17.3 Å². The standard InChI is InChI=1S/C19H16FN3O/c20-15-9-11-16(12-10-15)22-19(24)23-18(14-6-2-1-3-7-14)17-8-4-5-13-21-17/h1-13,18H,(H2,22,23,24)/t18-/m1/s1. The van der Waals surface area contributed by atoms with Crippen LogP contribution in [0.15, 0.2) is 79.0 Å². The van der Waals surface area contributed by atoms with E-state index in [4.69, 9.17) is 0 Å². The molecule has 0 aliphatic carbocycles. The van der Waals surface area contributed by atoms with Crippen LogP contribution in [-0.2, 0) is 0 Å². The maximum Gasteiger partial charge on any atom is 0.320 e. The molecule has 2 N–H and O–H groups in total. The van der Waals surface area contributed by atoms with E-state index in [1.807, 2.05) is 48.5 Å². The van der Waals surface area contributed by atoms with Crippen molar-refractivity contribution in [3.05, 3.63) is 96.1 Å². The van der Waals surface area contributed by atoms with Crippen LogP contribution in [0.5, 0.6) is 0 Å². The summed E-state index contributed by atoms with van der Waals surface area (Å²) in [6.45, 7) is 0. The summed E-state index contributed by atoms with van der Waals surface area (Å²) in [5.74, 6) is -0.350. The van der Waals surface area contributed by atoms with Crippen molar-refractivity contribution in [1.29, 1.82) is 0 Å². The highest BCUT2D eigenvalue weighted by atomic mass is 19.1. The normalized spacial score (nSPS) is 11.5. The molecule has 0 saturated carbocycles. The van der Waals surface area contributed by atoms with E-state index in [0.29, 0.717) is 5.69 Å². The molecule has 0 aliphatic heterocycles. The van der Waals surface area contributed by atoms with E-state index in [1.54, 1.807) is 6.20 Å². The van der Waals surface area contributed by atoms with Crippen molar-refractivity contribution >= 4 is 11.7 Å². The monoisotopic (exact) mass is 321 g/mol. The van der Waals surface area contributed by atoms with E-state index >= 15 is 0 Å². The summed E-state index contributed by atoms with van der Waals surface area (Å²) < 4.78 is 12.9. The number of pyridine rings is 1. The third-order valence-electron chi connectivity index (χ3n) is 3.49. The molecule has 120 valence electrons. The zero-order valence-electron chi connectivity index (χ0n) is 12.8. The maximum absolute atomic E-state index is 12.9. The fourth-order valence-corrected chi connectivity index (χ4v) is 2.35. The van der Waals surface area contributed by atoms with Gasteiger partial charge in [0.25, 0.3) is 0 Å². The summed E-state index contributed by atoms with van der Waals surface area (Å²) >= 11 is 0. The highest BCUT2D eigenvalue weighted by Crippen LogP contribution is 2.20. The number of nitrogens with one attached hydrogen (secondary N) is 2. The van der Waals surface area contributed by atoms with Gasteiger partial charge in [-0.2, -0.15) is 0 Å². The van der Waals surface area contributed by atoms with Crippen LogP contribution in [0.4, 0.5) is 14.9 Å². The summed E-state index contributed by atoms with van der Waals surface area (Å²) in [5, 5.41) is 5.60. The molecule has 4 nitrogen and oxygen atoms in total. The molecular formula is C19H16FN3O. The average molecular weight is 321 g/mol. The van der Waals surface area contributed by atoms with Crippen molar-refractivity contribution in [3.8, 4) is 0 Å². The predicted octanol–water partition coefficient (Wildman–Crippen LogP) is 4.13. The highest BCUT2D eigenvalue weighted by Gasteiger charge is 2.17. The lowest BCUT2D eigenvalue weighted by molar-refractivity contribution is 0.250. The third kappa shape index (κ3) is 3.95. The number of carbonyl (C=O) groups excluding carboxylic acids is 1. The molecular weight excluding hydrogens is 305 g/mol. The van der Waals surface area contributed by atoms with Crippen LogP contribution in [0.25, 0.3) is 0 Å². The van der Waals surface area contributed by atoms with Crippen molar-refractivity contribution in [2.24, 2.45) is 0 Å². The first kappa shape index (κ1) is 15.7. The van der Waals surface area contributed by atoms with E-state index in [2.05, 4.69) is 15.6 Å². The van der Waals surface area contributed by atoms with Gasteiger partial charge in [-0.1, -0.05) is 36.4 Å². The Kier molecular flexibility index (Phi) is 4.81. The maximum atomic E-state index is 12.9. The Morgan fingerprint density at radius 2 is 1.62 bits per heavy atom. The number of hydrogen-bond acceptors (Lipinski definition) is 2. The molecule has 2 aromatic carbocycles. The molecule has 2 amide bonds. The number of carbonyl (C=O) groups is 1. The van der Waals surface area contributed by atoms with Crippen molar-refractivity contribution in [3.63, 3.8) is 0 Å². The van der Waals surface area contributed by atoms with E-state index in [9.17, 15) is 9.18 Å². The quantitative estimate of drug-likeness (QED) is 0.759. The van der Waals surface area contributed by atoms with E-state index < -0.39 is 0 Å². The number of nitrogens with zero attached hydrogens (tertiary/aromatic N) is 1. The summed E-state index contributed by atoms with van der Waals surface area (Å²) in [4.78, 5) is 16.6. The first-order valence-corrected chi connectivity index (χ1v) is 7.51. The lowest BCUT2D eigenvalue weighted by Crippen LogP contribution is -2.33. The Bertz CT molecular complexity index is 752. The van der Waals surface area contributed by atoms with E-state index in [1.165, 1.54) is 24.3 Å². The lowest BCUT2D eigenvalue weighted by atomic mass is 10.0. The number of benzene rings is 2. The summed E-state index contributed by atoms with van der Waals surface area (Å²) in [6.07, 6.45) is 1.69. The third-order valence-corrected chi connectivity index (χ3v) is 3.49. The molecule has 3 aromatic rings. The van der Waals surface area contributed by atoms with Crippen LogP contribution in [0, 0.1) is 5.82 Å². The molecule has 1 atom stereocenters. The zero-order chi connectivity index (χ0) is 16.8. The number of amides is 2. The first-order chi connectivity index (χ1) is 11.7. The minimum absolute atomic E-state index is 0.350. The number of aromatic nitrogens is 1. The van der Waals surface area contributed by atoms with Crippen LogP contribution < -0.4 is 10.6 Å². The molecule has 0 unspecified atom stereocenters. The molecule has 0 spiro atoms. The molecule has 0 fully saturated rings. The van der Waals surface area contributed by atoms with Crippen LogP contribution in [0.2, 0.25) is 0 Å². The van der Waals surface area contributed by atoms with Gasteiger partial charge in [0, 0.05) is 11.9 Å². The summed E-state index contributed by atoms with van der Waals surface area (Å²) in [7, 11) is 0. The van der Waals surface area contributed by atoms with Gasteiger partial charge in [-0.3, -0.25) is 4.98 Å². The second-order valence-electron chi connectivity index (χ2n) is 5.20. The van der Waals surface area contributed by atoms with Crippen molar-refractivity contribution in [2.75, 3.05) is 5.32 Å². The van der Waals surface area contributed by atoms with Crippen LogP contribution in [-0.4, -0.2) is 11.0 Å². The van der Waals surface area contributed by atoms with Crippen LogP contribution >= 0.6 is 0 Å². The van der Waals surface area contributed by atoms with E-state index in [0.717, 1.165) is 11.3 Å². The highest BCUT2D eigenvalue weighted by molar-refractivity contribution is 5.89. The number of halogens is 1. The van der Waals surface area contributed by atoms with Crippen molar-refractivity contribution in [1.82, 2.24) is 10.3 Å². The molecule has 24 heavy (non-hydrogen) atoms. The largest absolute Gasteiger partial charge is 0.325 e. The summed E-state index contributed by atoms with van der Waals surface area (Å²) in [5.41, 5.74) is 2.17. The Morgan fingerprint density at radius 3 is 2.29 bits per heavy atom. The van der Waals surface area contributed by atoms with Gasteiger partial charge in [0.2, 0.25) is 0 Å². The van der Waals surface area contributed by atoms with Gasteiger partial charge in [-0.05, 0) is 42.0 Å². The molecule has 0 radical (unpaired) electrons. The van der Waals surface area contributed by atoms with E-state index in [-0.39, 0.29) is 17.9 Å². The second-order valence-corrected chi connectivity index (χ2v) is 5.20. The minimum Gasteiger partial charge on any atom is -0.325 e. The molecule has 0 aliphatic rings. The Hall–Kier alpha value is -3.21. The van der Waals surface area contributed by atoms with Gasteiger partial charge in [-0.15, -0.1) is 0 Å². The minimum atomic E-state index is -0.388. The average Bonchev–Trinajstić information content (AvgIpc) is 2.63. The zero-order valence-corrected chi connectivity index (χ0v) is 12.8. The predicted molar refractivity (Wildman–Crippen MR) is 91.1 cm³/mol. The smallest absolute Gasteiger partial charge is 0.320 e. The van der Waals surface area contributed by atoms with Gasteiger partial charge >= 0.3 is 6.03 Å². The fourth-order valence-electron chi connectivity index (χ4n) is 2.35. The number of urea groups is 1. The molecule has 0 bridgehead atoms. The lowest BCUT2D eigenvalue weighted by Gasteiger charge is -2.19. The fraction of sp³-hybridized carbons (Fsp3) is 0.0526. The molecule has 0 saturated heterocycles. The Morgan fingerprint density at radius 1 is 0.917 bits per heavy atom. The van der Waals surface area contributed by atoms with Gasteiger partial charge in [-0.25, -0.2) is 9.18 Å². The van der Waals surface area contributed by atoms with Gasteiger partial charge < -0.3 is 10.6 Å². The second kappa shape index (κ2) is 7.37. The van der Waals surface area contributed by atoms with Crippen molar-refractivity contribution in [2.45, 2.75) is 6.04 Å². The van der Waals surface area contributed by atoms with Gasteiger partial charge in [0.15, 0.2) is 0 Å². The molecule has 1 heterocycles. The molecule has 5 heteroatoms.